The summed E-state index contributed by atoms with van der Waals surface area (Å²) in [7, 11) is -3.65. The molecule has 0 fully saturated rings. The van der Waals surface area contributed by atoms with E-state index in [0.29, 0.717) is 12.8 Å². The van der Waals surface area contributed by atoms with Crippen molar-refractivity contribution in [2.75, 3.05) is 6.54 Å². The fraction of sp³-hybridized carbons (Fsp3) is 0.300. The maximum Gasteiger partial charge on any atom is 0.266 e. The summed E-state index contributed by atoms with van der Waals surface area (Å²) in [5, 5.41) is -0.170. The quantitative estimate of drug-likeness (QED) is 0.613. The van der Waals surface area contributed by atoms with Crippen molar-refractivity contribution in [2.45, 2.75) is 17.7 Å². The fourth-order valence-corrected chi connectivity index (χ4v) is 2.38. The SMILES string of the molecule is C#CCCCNS(=O)(=O)c1c[nH]c(=O)c(Cl)c1. The molecule has 0 bridgehead atoms. The van der Waals surface area contributed by atoms with Gasteiger partial charge in [0.05, 0.1) is 4.90 Å². The molecule has 0 amide bonds. The van der Waals surface area contributed by atoms with E-state index in [4.69, 9.17) is 18.0 Å². The van der Waals surface area contributed by atoms with Gasteiger partial charge in [-0.05, 0) is 12.5 Å². The summed E-state index contributed by atoms with van der Waals surface area (Å²) >= 11 is 5.54. The van der Waals surface area contributed by atoms with Gasteiger partial charge in [0.25, 0.3) is 5.56 Å². The molecule has 1 aromatic heterocycles. The number of unbranched alkanes of at least 4 members (excludes halogenated alkanes) is 1. The summed E-state index contributed by atoms with van der Waals surface area (Å²) in [6.45, 7) is 0.239. The lowest BCUT2D eigenvalue weighted by Gasteiger charge is -2.05. The van der Waals surface area contributed by atoms with Gasteiger partial charge >= 0.3 is 0 Å². The predicted molar refractivity (Wildman–Crippen MR) is 65.3 cm³/mol. The Kier molecular flexibility index (Phi) is 4.75. The average Bonchev–Trinajstić information content (AvgIpc) is 2.28. The topological polar surface area (TPSA) is 79.0 Å². The lowest BCUT2D eigenvalue weighted by Crippen LogP contribution is -2.25. The van der Waals surface area contributed by atoms with E-state index in [2.05, 4.69) is 15.6 Å². The summed E-state index contributed by atoms with van der Waals surface area (Å²) < 4.78 is 25.8. The number of nitrogens with one attached hydrogen (secondary N) is 2. The third kappa shape index (κ3) is 3.89. The Morgan fingerprint density at radius 1 is 1.53 bits per heavy atom. The Bertz CT molecular complexity index is 586. The molecule has 0 aliphatic carbocycles. The Morgan fingerprint density at radius 3 is 2.82 bits per heavy atom. The average molecular weight is 275 g/mol. The zero-order chi connectivity index (χ0) is 12.9. The van der Waals surface area contributed by atoms with Crippen LogP contribution in [0.25, 0.3) is 0 Å². The smallest absolute Gasteiger partial charge is 0.266 e. The maximum atomic E-state index is 11.7. The zero-order valence-corrected chi connectivity index (χ0v) is 10.4. The van der Waals surface area contributed by atoms with E-state index in [1.165, 1.54) is 0 Å². The lowest BCUT2D eigenvalue weighted by molar-refractivity contribution is 0.579. The van der Waals surface area contributed by atoms with Gasteiger partial charge < -0.3 is 4.98 Å². The van der Waals surface area contributed by atoms with Crippen molar-refractivity contribution in [2.24, 2.45) is 0 Å². The zero-order valence-electron chi connectivity index (χ0n) is 8.86. The molecule has 0 aliphatic rings. The lowest BCUT2D eigenvalue weighted by atomic mass is 10.3. The van der Waals surface area contributed by atoms with Crippen LogP contribution in [0.5, 0.6) is 0 Å². The van der Waals surface area contributed by atoms with Gasteiger partial charge in [0.15, 0.2) is 0 Å². The van der Waals surface area contributed by atoms with E-state index in [9.17, 15) is 13.2 Å². The minimum absolute atomic E-state index is 0.0807. The number of aromatic nitrogens is 1. The summed E-state index contributed by atoms with van der Waals surface area (Å²) in [5.74, 6) is 2.41. The normalized spacial score (nSPS) is 11.1. The molecule has 1 aromatic rings. The second kappa shape index (κ2) is 5.87. The number of sulfonamides is 1. The Morgan fingerprint density at radius 2 is 2.24 bits per heavy atom. The van der Waals surface area contributed by atoms with E-state index in [-0.39, 0.29) is 16.5 Å². The van der Waals surface area contributed by atoms with Crippen LogP contribution < -0.4 is 10.3 Å². The van der Waals surface area contributed by atoms with E-state index < -0.39 is 15.6 Å². The number of rotatable bonds is 5. The molecule has 0 spiro atoms. The van der Waals surface area contributed by atoms with Crippen molar-refractivity contribution >= 4 is 21.6 Å². The first-order valence-electron chi connectivity index (χ1n) is 4.79. The van der Waals surface area contributed by atoms with Crippen LogP contribution in [0.15, 0.2) is 22.0 Å². The fourth-order valence-electron chi connectivity index (χ4n) is 1.07. The molecular formula is C10H11ClN2O3S. The largest absolute Gasteiger partial charge is 0.326 e. The number of terminal acetylenes is 1. The number of halogens is 1. The van der Waals surface area contributed by atoms with Gasteiger partial charge in [-0.2, -0.15) is 0 Å². The first-order chi connectivity index (χ1) is 7.97. The number of aromatic amines is 1. The minimum Gasteiger partial charge on any atom is -0.326 e. The molecule has 1 rings (SSSR count). The van der Waals surface area contributed by atoms with Gasteiger partial charge in [-0.1, -0.05) is 11.6 Å². The van der Waals surface area contributed by atoms with Crippen LogP contribution in [0, 0.1) is 12.3 Å². The first kappa shape index (κ1) is 13.8. The van der Waals surface area contributed by atoms with Crippen LogP contribution in [0.3, 0.4) is 0 Å². The monoisotopic (exact) mass is 274 g/mol. The standard InChI is InChI=1S/C10H11ClN2O3S/c1-2-3-4-5-13-17(15,16)8-6-9(11)10(14)12-7-8/h1,6-7,13H,3-5H2,(H,12,14). The van der Waals surface area contributed by atoms with Gasteiger partial charge in [0.2, 0.25) is 10.0 Å². The molecule has 0 saturated heterocycles. The molecule has 2 N–H and O–H groups in total. The van der Waals surface area contributed by atoms with Crippen LogP contribution in [0.2, 0.25) is 5.02 Å². The molecule has 0 saturated carbocycles. The van der Waals surface area contributed by atoms with Gasteiger partial charge in [-0.25, -0.2) is 13.1 Å². The molecule has 92 valence electrons. The van der Waals surface area contributed by atoms with Crippen LogP contribution >= 0.6 is 11.6 Å². The van der Waals surface area contributed by atoms with Crippen molar-refractivity contribution in [1.82, 2.24) is 9.71 Å². The first-order valence-corrected chi connectivity index (χ1v) is 6.65. The molecule has 17 heavy (non-hydrogen) atoms. The van der Waals surface area contributed by atoms with Gasteiger partial charge in [-0.3, -0.25) is 4.79 Å². The Labute approximate surface area is 104 Å². The number of pyridine rings is 1. The molecular weight excluding hydrogens is 264 g/mol. The summed E-state index contributed by atoms with van der Waals surface area (Å²) in [6.07, 6.45) is 7.18. The van der Waals surface area contributed by atoms with Crippen LogP contribution in [0.1, 0.15) is 12.8 Å². The molecule has 0 unspecified atom stereocenters. The van der Waals surface area contributed by atoms with Gasteiger partial charge in [0, 0.05) is 19.2 Å². The third-order valence-electron chi connectivity index (χ3n) is 1.93. The van der Waals surface area contributed by atoms with Crippen molar-refractivity contribution in [3.8, 4) is 12.3 Å². The van der Waals surface area contributed by atoms with E-state index in [1.807, 2.05) is 0 Å². The maximum absolute atomic E-state index is 11.7. The second-order valence-corrected chi connectivity index (χ2v) is 5.39. The minimum atomic E-state index is -3.65. The van der Waals surface area contributed by atoms with E-state index >= 15 is 0 Å². The molecule has 0 radical (unpaired) electrons. The molecule has 0 atom stereocenters. The van der Waals surface area contributed by atoms with Crippen molar-refractivity contribution < 1.29 is 8.42 Å². The highest BCUT2D eigenvalue weighted by Crippen LogP contribution is 2.10. The molecule has 1 heterocycles. The highest BCUT2D eigenvalue weighted by Gasteiger charge is 2.14. The molecule has 0 aromatic carbocycles. The third-order valence-corrected chi connectivity index (χ3v) is 3.65. The number of hydrogen-bond donors (Lipinski definition) is 2. The van der Waals surface area contributed by atoms with Gasteiger partial charge in [0.1, 0.15) is 5.02 Å². The van der Waals surface area contributed by atoms with Gasteiger partial charge in [-0.15, -0.1) is 12.3 Å². The van der Waals surface area contributed by atoms with Crippen LogP contribution in [-0.2, 0) is 10.0 Å². The van der Waals surface area contributed by atoms with E-state index in [1.54, 1.807) is 0 Å². The van der Waals surface area contributed by atoms with Crippen molar-refractivity contribution in [3.63, 3.8) is 0 Å². The van der Waals surface area contributed by atoms with Crippen molar-refractivity contribution in [1.29, 1.82) is 0 Å². The van der Waals surface area contributed by atoms with E-state index in [0.717, 1.165) is 12.3 Å². The predicted octanol–water partition coefficient (Wildman–Crippen LogP) is 0.720. The highest BCUT2D eigenvalue weighted by molar-refractivity contribution is 7.89. The number of hydrogen-bond acceptors (Lipinski definition) is 3. The molecule has 0 aliphatic heterocycles. The summed E-state index contributed by atoms with van der Waals surface area (Å²) in [5.41, 5.74) is -0.530. The molecule has 7 heteroatoms. The number of H-pyrrole nitrogens is 1. The Hall–Kier alpha value is -1.29. The van der Waals surface area contributed by atoms with Crippen LogP contribution in [-0.4, -0.2) is 19.9 Å². The highest BCUT2D eigenvalue weighted by atomic mass is 35.5. The summed E-state index contributed by atoms with van der Waals surface area (Å²) in [6, 6.07) is 1.10. The second-order valence-electron chi connectivity index (χ2n) is 3.22. The molecule has 5 nitrogen and oxygen atoms in total. The van der Waals surface area contributed by atoms with Crippen LogP contribution in [0.4, 0.5) is 0 Å². The summed E-state index contributed by atoms with van der Waals surface area (Å²) in [4.78, 5) is 13.1. The van der Waals surface area contributed by atoms with Crippen molar-refractivity contribution in [3.05, 3.63) is 27.6 Å². The Balaban J connectivity index is 2.80.